The largest absolute Gasteiger partial charge is 0.449 e. The van der Waals surface area contributed by atoms with Gasteiger partial charge in [0.2, 0.25) is 6.23 Å². The fraction of sp³-hybridized carbons (Fsp3) is 0.200. The molecule has 0 bridgehead atoms. The number of esters is 2. The van der Waals surface area contributed by atoms with Crippen LogP contribution in [0.1, 0.15) is 27.6 Å². The van der Waals surface area contributed by atoms with Crippen molar-refractivity contribution in [3.63, 3.8) is 0 Å². The topological polar surface area (TPSA) is 78.6 Å². The summed E-state index contributed by atoms with van der Waals surface area (Å²) in [6.07, 6.45) is -14.5. The Morgan fingerprint density at radius 2 is 0.917 bits per heavy atom. The molecule has 5 nitrogen and oxygen atoms in total. The maximum absolute atomic E-state index is 12.6. The van der Waals surface area contributed by atoms with Crippen molar-refractivity contribution in [2.24, 2.45) is 5.73 Å². The van der Waals surface area contributed by atoms with Crippen LogP contribution in [-0.4, -0.2) is 36.6 Å². The van der Waals surface area contributed by atoms with Crippen molar-refractivity contribution >= 4 is 11.9 Å². The Morgan fingerprint density at radius 3 is 1.22 bits per heavy atom. The molecule has 2 N–H and O–H groups in total. The number of alkyl halides is 6. The second-order valence-electron chi connectivity index (χ2n) is 7.69. The van der Waals surface area contributed by atoms with Gasteiger partial charge in [0.15, 0.2) is 6.10 Å². The summed E-state index contributed by atoms with van der Waals surface area (Å²) in [5, 5.41) is 0. The first-order chi connectivity index (χ1) is 16.8. The number of carbonyl (C=O) groups excluding carboxylic acids is 2. The summed E-state index contributed by atoms with van der Waals surface area (Å²) < 4.78 is 83.7. The zero-order chi connectivity index (χ0) is 26.7. The van der Waals surface area contributed by atoms with E-state index in [4.69, 9.17) is 5.73 Å². The third-order valence-electron chi connectivity index (χ3n) is 5.09. The summed E-state index contributed by atoms with van der Waals surface area (Å²) in [5.74, 6) is -2.30. The summed E-state index contributed by atoms with van der Waals surface area (Å²) in [5.41, 5.74) is 7.54. The lowest BCUT2D eigenvalue weighted by Gasteiger charge is -2.16. The Balaban J connectivity index is 1.67. The minimum absolute atomic E-state index is 0.0266. The van der Waals surface area contributed by atoms with Gasteiger partial charge in [-0.05, 0) is 53.4 Å². The van der Waals surface area contributed by atoms with Crippen molar-refractivity contribution in [1.82, 2.24) is 0 Å². The number of benzene rings is 3. The Morgan fingerprint density at radius 1 is 0.611 bits per heavy atom. The van der Waals surface area contributed by atoms with Gasteiger partial charge in [0.1, 0.15) is 0 Å². The van der Waals surface area contributed by atoms with Crippen LogP contribution in [0.2, 0.25) is 0 Å². The first-order valence-corrected chi connectivity index (χ1v) is 10.4. The molecule has 0 unspecified atom stereocenters. The van der Waals surface area contributed by atoms with Gasteiger partial charge >= 0.3 is 24.3 Å². The van der Waals surface area contributed by atoms with Crippen molar-refractivity contribution in [1.29, 1.82) is 0 Å². The van der Waals surface area contributed by atoms with Gasteiger partial charge in [0, 0.05) is 0 Å². The Kier molecular flexibility index (Phi) is 7.73. The molecule has 36 heavy (non-hydrogen) atoms. The zero-order valence-corrected chi connectivity index (χ0v) is 18.6. The highest BCUT2D eigenvalue weighted by Gasteiger charge is 2.40. The highest BCUT2D eigenvalue weighted by Crippen LogP contribution is 2.27. The number of hydrogen-bond acceptors (Lipinski definition) is 5. The molecule has 3 aromatic rings. The van der Waals surface area contributed by atoms with E-state index in [2.05, 4.69) is 9.47 Å². The molecule has 0 amide bonds. The molecular weight excluding hydrogens is 492 g/mol. The molecule has 11 heteroatoms. The standard InChI is InChI=1S/C25H19F6NO4/c1-14(24(26,27)28)35-21(33)19-10-6-17(7-11-19)15-2-4-16(5-3-15)18-8-12-20(13-9-18)22(34)36-23(32)25(29,30)31/h2-14,23H,32H2,1H3/t14-,23+/m0/s1. The highest BCUT2D eigenvalue weighted by molar-refractivity contribution is 5.91. The van der Waals surface area contributed by atoms with E-state index >= 15 is 0 Å². The van der Waals surface area contributed by atoms with Crippen LogP contribution in [0.5, 0.6) is 0 Å². The molecule has 0 heterocycles. The Bertz CT molecular complexity index is 1110. The smallest absolute Gasteiger partial charge is 0.439 e. The monoisotopic (exact) mass is 511 g/mol. The normalized spacial score (nSPS) is 13.6. The number of halogens is 6. The molecule has 0 saturated heterocycles. The van der Waals surface area contributed by atoms with E-state index in [0.717, 1.165) is 18.1 Å². The number of hydrogen-bond donors (Lipinski definition) is 1. The lowest BCUT2D eigenvalue weighted by Crippen LogP contribution is -2.41. The number of carbonyl (C=O) groups is 2. The van der Waals surface area contributed by atoms with Gasteiger partial charge in [-0.3, -0.25) is 5.73 Å². The molecule has 0 aliphatic carbocycles. The maximum atomic E-state index is 12.6. The summed E-state index contributed by atoms with van der Waals surface area (Å²) in [6, 6.07) is 18.6. The van der Waals surface area contributed by atoms with Crippen LogP contribution in [0.15, 0.2) is 72.8 Å². The van der Waals surface area contributed by atoms with E-state index in [9.17, 15) is 35.9 Å². The second-order valence-corrected chi connectivity index (χ2v) is 7.69. The summed E-state index contributed by atoms with van der Waals surface area (Å²) in [7, 11) is 0. The van der Waals surface area contributed by atoms with Crippen LogP contribution in [0.3, 0.4) is 0 Å². The number of rotatable bonds is 6. The quantitative estimate of drug-likeness (QED) is 0.245. The second kappa shape index (κ2) is 10.4. The Labute approximate surface area is 201 Å². The molecule has 0 aromatic heterocycles. The van der Waals surface area contributed by atoms with Gasteiger partial charge < -0.3 is 9.47 Å². The average molecular weight is 511 g/mol. The van der Waals surface area contributed by atoms with Gasteiger partial charge in [0.05, 0.1) is 11.1 Å². The summed E-state index contributed by atoms with van der Waals surface area (Å²) >= 11 is 0. The van der Waals surface area contributed by atoms with Gasteiger partial charge in [-0.25, -0.2) is 9.59 Å². The average Bonchev–Trinajstić information content (AvgIpc) is 2.83. The first kappa shape index (κ1) is 26.7. The summed E-state index contributed by atoms with van der Waals surface area (Å²) in [4.78, 5) is 23.7. The molecule has 3 rings (SSSR count). The van der Waals surface area contributed by atoms with Crippen molar-refractivity contribution in [2.75, 3.05) is 0 Å². The van der Waals surface area contributed by atoms with Crippen molar-refractivity contribution < 1.29 is 45.4 Å². The van der Waals surface area contributed by atoms with Crippen LogP contribution < -0.4 is 5.73 Å². The van der Waals surface area contributed by atoms with Gasteiger partial charge in [0.25, 0.3) is 0 Å². The van der Waals surface area contributed by atoms with E-state index in [-0.39, 0.29) is 11.1 Å². The SMILES string of the molecule is C[C@H](OC(=O)c1ccc(-c2ccc(-c3ccc(C(=O)O[C@@H](N)C(F)(F)F)cc3)cc2)cc1)C(F)(F)F. The Hall–Kier alpha value is -3.86. The van der Waals surface area contributed by atoms with Crippen molar-refractivity contribution in [3.05, 3.63) is 83.9 Å². The first-order valence-electron chi connectivity index (χ1n) is 10.4. The lowest BCUT2D eigenvalue weighted by molar-refractivity contribution is -0.202. The minimum atomic E-state index is -4.87. The molecule has 190 valence electrons. The van der Waals surface area contributed by atoms with Crippen LogP contribution >= 0.6 is 0 Å². The van der Waals surface area contributed by atoms with E-state index in [1.54, 1.807) is 36.4 Å². The van der Waals surface area contributed by atoms with Crippen LogP contribution in [0.4, 0.5) is 26.3 Å². The number of nitrogens with two attached hydrogens (primary N) is 1. The maximum Gasteiger partial charge on any atom is 0.439 e. The minimum Gasteiger partial charge on any atom is -0.449 e. The van der Waals surface area contributed by atoms with Crippen molar-refractivity contribution in [2.45, 2.75) is 31.6 Å². The van der Waals surface area contributed by atoms with Gasteiger partial charge in [-0.2, -0.15) is 26.3 Å². The molecular formula is C25H19F6NO4. The van der Waals surface area contributed by atoms with Crippen molar-refractivity contribution in [3.8, 4) is 22.3 Å². The van der Waals surface area contributed by atoms with Gasteiger partial charge in [-0.1, -0.05) is 48.5 Å². The fourth-order valence-electron chi connectivity index (χ4n) is 3.00. The molecule has 0 spiro atoms. The molecule has 0 saturated carbocycles. The predicted octanol–water partition coefficient (Wildman–Crippen LogP) is 6.13. The molecule has 0 radical (unpaired) electrons. The lowest BCUT2D eigenvalue weighted by atomic mass is 9.99. The van der Waals surface area contributed by atoms with Gasteiger partial charge in [-0.15, -0.1) is 0 Å². The van der Waals surface area contributed by atoms with Crippen LogP contribution in [0.25, 0.3) is 22.3 Å². The molecule has 0 aliphatic heterocycles. The van der Waals surface area contributed by atoms with Crippen LogP contribution in [0, 0.1) is 0 Å². The summed E-state index contributed by atoms with van der Waals surface area (Å²) in [6.45, 7) is 0.746. The van der Waals surface area contributed by atoms with E-state index in [1.165, 1.54) is 36.4 Å². The van der Waals surface area contributed by atoms with Crippen LogP contribution in [-0.2, 0) is 9.47 Å². The molecule has 0 aliphatic rings. The third-order valence-corrected chi connectivity index (χ3v) is 5.09. The van der Waals surface area contributed by atoms with E-state index in [0.29, 0.717) is 11.1 Å². The predicted molar refractivity (Wildman–Crippen MR) is 118 cm³/mol. The molecule has 2 atom stereocenters. The highest BCUT2D eigenvalue weighted by atomic mass is 19.4. The zero-order valence-electron chi connectivity index (χ0n) is 18.6. The third kappa shape index (κ3) is 6.63. The molecule has 3 aromatic carbocycles. The fourth-order valence-corrected chi connectivity index (χ4v) is 3.00. The van der Waals surface area contributed by atoms with E-state index in [1.807, 2.05) is 0 Å². The number of ether oxygens (including phenoxy) is 2. The van der Waals surface area contributed by atoms with E-state index < -0.39 is 36.6 Å². The molecule has 0 fully saturated rings.